The predicted molar refractivity (Wildman–Crippen MR) is 75.2 cm³/mol. The van der Waals surface area contributed by atoms with Gasteiger partial charge in [0, 0.05) is 19.1 Å². The minimum Gasteiger partial charge on any atom is -0.397 e. The zero-order valence-electron chi connectivity index (χ0n) is 10.3. The summed E-state index contributed by atoms with van der Waals surface area (Å²) in [5.41, 5.74) is 7.55. The van der Waals surface area contributed by atoms with E-state index in [-0.39, 0.29) is 0 Å². The van der Waals surface area contributed by atoms with Crippen LogP contribution in [0.1, 0.15) is 18.4 Å². The maximum absolute atomic E-state index is 5.79. The van der Waals surface area contributed by atoms with Crippen LogP contribution in [0.5, 0.6) is 0 Å². The second-order valence-corrected chi connectivity index (χ2v) is 5.43. The molecule has 1 aromatic heterocycles. The molecule has 0 atom stereocenters. The number of nitrogens with zero attached hydrogens (tertiary/aromatic N) is 2. The van der Waals surface area contributed by atoms with Crippen LogP contribution in [0.3, 0.4) is 0 Å². The first-order valence-electron chi connectivity index (χ1n) is 5.94. The minimum atomic E-state index is 0.720. The first-order valence-corrected chi connectivity index (χ1v) is 6.73. The van der Waals surface area contributed by atoms with Crippen molar-refractivity contribution in [1.29, 1.82) is 0 Å². The maximum Gasteiger partial charge on any atom is 0.140 e. The average Bonchev–Trinajstić information content (AvgIpc) is 3.13. The zero-order valence-corrected chi connectivity index (χ0v) is 11.9. The summed E-state index contributed by atoms with van der Waals surface area (Å²) in [5, 5.41) is 3.34. The molecule has 2 rings (SSSR count). The Hall–Kier alpha value is -0.810. The second-order valence-electron chi connectivity index (χ2n) is 4.64. The van der Waals surface area contributed by atoms with Gasteiger partial charge in [0.25, 0.3) is 0 Å². The fourth-order valence-electron chi connectivity index (χ4n) is 1.76. The Morgan fingerprint density at radius 2 is 2.29 bits per heavy atom. The van der Waals surface area contributed by atoms with Crippen molar-refractivity contribution in [3.05, 3.63) is 16.2 Å². The largest absolute Gasteiger partial charge is 0.397 e. The van der Waals surface area contributed by atoms with Crippen LogP contribution in [0.2, 0.25) is 0 Å². The van der Waals surface area contributed by atoms with Gasteiger partial charge in [-0.2, -0.15) is 0 Å². The van der Waals surface area contributed by atoms with Gasteiger partial charge in [-0.1, -0.05) is 0 Å². The van der Waals surface area contributed by atoms with E-state index in [4.69, 9.17) is 5.73 Å². The smallest absolute Gasteiger partial charge is 0.140 e. The van der Waals surface area contributed by atoms with E-state index in [9.17, 15) is 0 Å². The van der Waals surface area contributed by atoms with Crippen LogP contribution in [0, 0.1) is 6.92 Å². The molecular weight excluding hydrogens is 280 g/mol. The highest BCUT2D eigenvalue weighted by Gasteiger charge is 2.25. The standard InChI is InChI=1S/C12H19BrN4/c1-8-10(14)7-16-12(11(8)13)15-5-6-17(2)9-3-4-9/h7,9H,3-6,14H2,1-2H3,(H,15,16). The molecule has 0 bridgehead atoms. The molecule has 1 aliphatic carbocycles. The normalized spacial score (nSPS) is 15.3. The molecule has 0 saturated heterocycles. The summed E-state index contributed by atoms with van der Waals surface area (Å²) in [6, 6.07) is 0.807. The SMILES string of the molecule is Cc1c(N)cnc(NCCN(C)C2CC2)c1Br. The molecule has 0 radical (unpaired) electrons. The molecule has 0 aromatic carbocycles. The summed E-state index contributed by atoms with van der Waals surface area (Å²) in [6.45, 7) is 3.94. The molecular formula is C12H19BrN4. The molecule has 3 N–H and O–H groups in total. The summed E-state index contributed by atoms with van der Waals surface area (Å²) in [5.74, 6) is 0.876. The van der Waals surface area contributed by atoms with Crippen molar-refractivity contribution in [3.63, 3.8) is 0 Å². The van der Waals surface area contributed by atoms with Gasteiger partial charge in [0.1, 0.15) is 5.82 Å². The van der Waals surface area contributed by atoms with E-state index in [0.29, 0.717) is 0 Å². The molecule has 94 valence electrons. The number of rotatable bonds is 5. The number of halogens is 1. The fourth-order valence-corrected chi connectivity index (χ4v) is 2.24. The van der Waals surface area contributed by atoms with Gasteiger partial charge in [0.05, 0.1) is 16.4 Å². The minimum absolute atomic E-state index is 0.720. The number of anilines is 2. The topological polar surface area (TPSA) is 54.2 Å². The third-order valence-electron chi connectivity index (χ3n) is 3.23. The molecule has 1 aromatic rings. The molecule has 1 heterocycles. The van der Waals surface area contributed by atoms with E-state index < -0.39 is 0 Å². The Labute approximate surface area is 111 Å². The summed E-state index contributed by atoms with van der Waals surface area (Å²) < 4.78 is 0.964. The zero-order chi connectivity index (χ0) is 12.4. The van der Waals surface area contributed by atoms with Gasteiger partial charge in [-0.3, -0.25) is 0 Å². The number of aromatic nitrogens is 1. The molecule has 0 spiro atoms. The number of nitrogen functional groups attached to an aromatic ring is 1. The van der Waals surface area contributed by atoms with Crippen molar-refractivity contribution in [2.24, 2.45) is 0 Å². The number of hydrogen-bond acceptors (Lipinski definition) is 4. The molecule has 5 heteroatoms. The van der Waals surface area contributed by atoms with Crippen LogP contribution in [-0.4, -0.2) is 36.1 Å². The number of pyridine rings is 1. The Morgan fingerprint density at radius 1 is 1.59 bits per heavy atom. The third-order valence-corrected chi connectivity index (χ3v) is 4.20. The lowest BCUT2D eigenvalue weighted by Gasteiger charge is -2.17. The van der Waals surface area contributed by atoms with Crippen LogP contribution < -0.4 is 11.1 Å². The van der Waals surface area contributed by atoms with Gasteiger partial charge >= 0.3 is 0 Å². The Balaban J connectivity index is 1.88. The lowest BCUT2D eigenvalue weighted by molar-refractivity contribution is 0.337. The van der Waals surface area contributed by atoms with Gasteiger partial charge in [-0.15, -0.1) is 0 Å². The van der Waals surface area contributed by atoms with E-state index in [2.05, 4.69) is 38.2 Å². The van der Waals surface area contributed by atoms with Crippen LogP contribution in [0.15, 0.2) is 10.7 Å². The van der Waals surface area contributed by atoms with Crippen LogP contribution >= 0.6 is 15.9 Å². The molecule has 1 fully saturated rings. The molecule has 4 nitrogen and oxygen atoms in total. The molecule has 0 amide bonds. The molecule has 0 unspecified atom stereocenters. The van der Waals surface area contributed by atoms with E-state index in [1.54, 1.807) is 6.20 Å². The summed E-state index contributed by atoms with van der Waals surface area (Å²) in [6.07, 6.45) is 4.39. The van der Waals surface area contributed by atoms with Crippen molar-refractivity contribution in [1.82, 2.24) is 9.88 Å². The molecule has 17 heavy (non-hydrogen) atoms. The first-order chi connectivity index (χ1) is 8.09. The Morgan fingerprint density at radius 3 is 2.94 bits per heavy atom. The van der Waals surface area contributed by atoms with Gasteiger partial charge in [0.2, 0.25) is 0 Å². The van der Waals surface area contributed by atoms with Crippen molar-refractivity contribution in [2.75, 3.05) is 31.2 Å². The van der Waals surface area contributed by atoms with E-state index in [0.717, 1.165) is 40.7 Å². The van der Waals surface area contributed by atoms with Crippen LogP contribution in [-0.2, 0) is 0 Å². The molecule has 1 saturated carbocycles. The highest BCUT2D eigenvalue weighted by atomic mass is 79.9. The number of nitrogens with two attached hydrogens (primary N) is 1. The third kappa shape index (κ3) is 3.10. The predicted octanol–water partition coefficient (Wildman–Crippen LogP) is 2.24. The van der Waals surface area contributed by atoms with Crippen molar-refractivity contribution in [2.45, 2.75) is 25.8 Å². The van der Waals surface area contributed by atoms with E-state index in [1.165, 1.54) is 12.8 Å². The lowest BCUT2D eigenvalue weighted by Crippen LogP contribution is -2.27. The molecule has 1 aliphatic rings. The van der Waals surface area contributed by atoms with Crippen molar-refractivity contribution in [3.8, 4) is 0 Å². The first kappa shape index (κ1) is 12.6. The fraction of sp³-hybridized carbons (Fsp3) is 0.583. The van der Waals surface area contributed by atoms with Crippen molar-refractivity contribution >= 4 is 27.4 Å². The summed E-state index contributed by atoms with van der Waals surface area (Å²) >= 11 is 3.52. The van der Waals surface area contributed by atoms with E-state index in [1.807, 2.05) is 6.92 Å². The van der Waals surface area contributed by atoms with Crippen LogP contribution in [0.25, 0.3) is 0 Å². The number of hydrogen-bond donors (Lipinski definition) is 2. The molecule has 0 aliphatic heterocycles. The van der Waals surface area contributed by atoms with Gasteiger partial charge in [-0.05, 0) is 48.3 Å². The van der Waals surface area contributed by atoms with E-state index >= 15 is 0 Å². The highest BCUT2D eigenvalue weighted by molar-refractivity contribution is 9.10. The summed E-state index contributed by atoms with van der Waals surface area (Å²) in [7, 11) is 2.18. The quantitative estimate of drug-likeness (QED) is 0.875. The highest BCUT2D eigenvalue weighted by Crippen LogP contribution is 2.28. The summed E-state index contributed by atoms with van der Waals surface area (Å²) in [4.78, 5) is 6.69. The van der Waals surface area contributed by atoms with Gasteiger partial charge in [-0.25, -0.2) is 4.98 Å². The average molecular weight is 299 g/mol. The maximum atomic E-state index is 5.79. The van der Waals surface area contributed by atoms with Gasteiger partial charge < -0.3 is 16.0 Å². The lowest BCUT2D eigenvalue weighted by atomic mass is 10.2. The number of likely N-dealkylation sites (N-methyl/N-ethyl adjacent to an activating group) is 1. The number of nitrogens with one attached hydrogen (secondary N) is 1. The van der Waals surface area contributed by atoms with Gasteiger partial charge in [0.15, 0.2) is 0 Å². The Bertz CT molecular complexity index is 404. The Kier molecular flexibility index (Phi) is 3.89. The monoisotopic (exact) mass is 298 g/mol. The second kappa shape index (κ2) is 5.23. The van der Waals surface area contributed by atoms with Crippen LogP contribution in [0.4, 0.5) is 11.5 Å². The van der Waals surface area contributed by atoms with Crippen molar-refractivity contribution < 1.29 is 0 Å².